The smallest absolute Gasteiger partial charge is 0.293 e. The van der Waals surface area contributed by atoms with Crippen LogP contribution in [0.15, 0.2) is 18.3 Å². The average Bonchev–Trinajstić information content (AvgIpc) is 2.94. The van der Waals surface area contributed by atoms with Gasteiger partial charge in [0.05, 0.1) is 36.0 Å². The highest BCUT2D eigenvalue weighted by Gasteiger charge is 2.23. The van der Waals surface area contributed by atoms with Crippen molar-refractivity contribution in [1.29, 1.82) is 0 Å². The Kier molecular flexibility index (Phi) is 4.41. The monoisotopic (exact) mass is 354 g/mol. The molecule has 3 rings (SSSR count). The first-order valence-corrected chi connectivity index (χ1v) is 9.55. The molecular formula is C14H18N4O5S. The summed E-state index contributed by atoms with van der Waals surface area (Å²) in [5.41, 5.74) is 1.15. The Morgan fingerprint density at radius 2 is 2.04 bits per heavy atom. The first kappa shape index (κ1) is 16.7. The minimum absolute atomic E-state index is 0.0204. The van der Waals surface area contributed by atoms with Gasteiger partial charge < -0.3 is 9.64 Å². The third kappa shape index (κ3) is 3.65. The van der Waals surface area contributed by atoms with Crippen molar-refractivity contribution in [2.24, 2.45) is 0 Å². The number of fused-ring (bicyclic) bond motifs is 1. The highest BCUT2D eigenvalue weighted by atomic mass is 32.2. The fourth-order valence-corrected chi connectivity index (χ4v) is 3.20. The van der Waals surface area contributed by atoms with Gasteiger partial charge in [0.15, 0.2) is 0 Å². The highest BCUT2D eigenvalue weighted by Crippen LogP contribution is 2.33. The molecule has 0 bridgehead atoms. The number of aromatic nitrogens is 2. The summed E-state index contributed by atoms with van der Waals surface area (Å²) in [6.07, 6.45) is 2.80. The molecule has 0 atom stereocenters. The van der Waals surface area contributed by atoms with Gasteiger partial charge in [-0.25, -0.2) is 8.42 Å². The first-order valence-electron chi connectivity index (χ1n) is 7.49. The predicted octanol–water partition coefficient (Wildman–Crippen LogP) is 0.826. The highest BCUT2D eigenvalue weighted by molar-refractivity contribution is 7.90. The van der Waals surface area contributed by atoms with Gasteiger partial charge in [0.25, 0.3) is 5.69 Å². The summed E-state index contributed by atoms with van der Waals surface area (Å²) in [7, 11) is -3.10. The Hall–Kier alpha value is -2.20. The number of benzene rings is 1. The van der Waals surface area contributed by atoms with Crippen LogP contribution >= 0.6 is 0 Å². The molecule has 0 radical (unpaired) electrons. The Bertz CT molecular complexity index is 871. The summed E-state index contributed by atoms with van der Waals surface area (Å²) in [6.45, 7) is 2.44. The van der Waals surface area contributed by atoms with Crippen LogP contribution in [0.25, 0.3) is 10.9 Å². The van der Waals surface area contributed by atoms with Crippen LogP contribution < -0.4 is 4.90 Å². The second-order valence-electron chi connectivity index (χ2n) is 5.78. The van der Waals surface area contributed by atoms with E-state index in [2.05, 4.69) is 5.10 Å². The third-order valence-electron chi connectivity index (χ3n) is 3.89. The van der Waals surface area contributed by atoms with E-state index in [1.807, 2.05) is 4.90 Å². The van der Waals surface area contributed by atoms with Crippen molar-refractivity contribution in [1.82, 2.24) is 9.78 Å². The molecule has 0 saturated carbocycles. The van der Waals surface area contributed by atoms with Gasteiger partial charge in [0.1, 0.15) is 15.5 Å². The molecule has 9 nitrogen and oxygen atoms in total. The topological polar surface area (TPSA) is 108 Å². The minimum atomic E-state index is -3.10. The number of rotatable bonds is 5. The Morgan fingerprint density at radius 3 is 2.67 bits per heavy atom. The maximum Gasteiger partial charge on any atom is 0.293 e. The van der Waals surface area contributed by atoms with Crippen LogP contribution in [0.2, 0.25) is 0 Å². The van der Waals surface area contributed by atoms with E-state index in [0.29, 0.717) is 42.9 Å². The Morgan fingerprint density at radius 1 is 1.33 bits per heavy atom. The number of nitro groups is 1. The number of nitro benzene ring substituents is 1. The lowest BCUT2D eigenvalue weighted by Crippen LogP contribution is -2.36. The molecule has 2 aromatic rings. The summed E-state index contributed by atoms with van der Waals surface area (Å²) >= 11 is 0. The molecule has 1 aromatic carbocycles. The lowest BCUT2D eigenvalue weighted by Gasteiger charge is -2.28. The lowest BCUT2D eigenvalue weighted by molar-refractivity contribution is -0.384. The molecule has 1 aliphatic heterocycles. The van der Waals surface area contributed by atoms with E-state index in [0.717, 1.165) is 6.26 Å². The number of morpholine rings is 1. The molecule has 1 saturated heterocycles. The molecule has 2 heterocycles. The molecule has 1 aliphatic rings. The van der Waals surface area contributed by atoms with Crippen LogP contribution in [0, 0.1) is 10.1 Å². The van der Waals surface area contributed by atoms with Crippen molar-refractivity contribution in [2.75, 3.05) is 43.2 Å². The van der Waals surface area contributed by atoms with E-state index < -0.39 is 14.8 Å². The number of sulfone groups is 1. The van der Waals surface area contributed by atoms with Crippen LogP contribution in [-0.2, 0) is 21.1 Å². The fourth-order valence-electron chi connectivity index (χ4n) is 2.68. The van der Waals surface area contributed by atoms with Crippen LogP contribution in [0.3, 0.4) is 0 Å². The SMILES string of the molecule is CS(=O)(=O)CCn1cc2cc([N+](=O)[O-])c(N3CCOCC3)cc2n1. The van der Waals surface area contributed by atoms with Crippen molar-refractivity contribution in [3.05, 3.63) is 28.4 Å². The zero-order chi connectivity index (χ0) is 17.3. The van der Waals surface area contributed by atoms with Crippen molar-refractivity contribution >= 4 is 32.1 Å². The number of hydrogen-bond acceptors (Lipinski definition) is 7. The molecule has 24 heavy (non-hydrogen) atoms. The van der Waals surface area contributed by atoms with Gasteiger partial charge >= 0.3 is 0 Å². The summed E-state index contributed by atoms with van der Waals surface area (Å²) in [4.78, 5) is 12.9. The molecule has 1 aromatic heterocycles. The second-order valence-corrected chi connectivity index (χ2v) is 8.04. The molecule has 0 spiro atoms. The van der Waals surface area contributed by atoms with Gasteiger partial charge in [-0.05, 0) is 6.07 Å². The van der Waals surface area contributed by atoms with Gasteiger partial charge in [-0.15, -0.1) is 0 Å². The molecule has 10 heteroatoms. The third-order valence-corrected chi connectivity index (χ3v) is 4.81. The standard InChI is InChI=1S/C14H18N4O5S/c1-24(21,22)7-4-17-10-11-8-14(18(19)20)13(9-12(11)15-17)16-2-5-23-6-3-16/h8-10H,2-7H2,1H3. The van der Waals surface area contributed by atoms with E-state index in [1.54, 1.807) is 12.3 Å². The normalized spacial score (nSPS) is 15.8. The molecular weight excluding hydrogens is 336 g/mol. The minimum Gasteiger partial charge on any atom is -0.378 e. The molecule has 0 N–H and O–H groups in total. The van der Waals surface area contributed by atoms with Crippen molar-refractivity contribution < 1.29 is 18.1 Å². The maximum atomic E-state index is 11.4. The van der Waals surface area contributed by atoms with Crippen LogP contribution in [0.4, 0.5) is 11.4 Å². The average molecular weight is 354 g/mol. The number of anilines is 1. The Balaban J connectivity index is 1.98. The van der Waals surface area contributed by atoms with E-state index >= 15 is 0 Å². The largest absolute Gasteiger partial charge is 0.378 e. The Labute approximate surface area is 138 Å². The number of nitrogens with zero attached hydrogens (tertiary/aromatic N) is 4. The summed E-state index contributed by atoms with van der Waals surface area (Å²) in [6, 6.07) is 3.18. The van der Waals surface area contributed by atoms with Crippen molar-refractivity contribution in [2.45, 2.75) is 6.54 Å². The van der Waals surface area contributed by atoms with Gasteiger partial charge in [-0.3, -0.25) is 14.8 Å². The summed E-state index contributed by atoms with van der Waals surface area (Å²) in [5, 5.41) is 16.4. The molecule has 0 amide bonds. The number of hydrogen-bond donors (Lipinski definition) is 0. The van der Waals surface area contributed by atoms with Crippen LogP contribution in [-0.4, -0.2) is 61.4 Å². The van der Waals surface area contributed by atoms with Gasteiger partial charge in [0, 0.05) is 37.0 Å². The van der Waals surface area contributed by atoms with E-state index in [1.165, 1.54) is 10.7 Å². The lowest BCUT2D eigenvalue weighted by atomic mass is 10.2. The number of ether oxygens (including phenoxy) is 1. The number of aryl methyl sites for hydroxylation is 1. The van der Waals surface area contributed by atoms with Crippen LogP contribution in [0.5, 0.6) is 0 Å². The van der Waals surface area contributed by atoms with Crippen LogP contribution in [0.1, 0.15) is 0 Å². The van der Waals surface area contributed by atoms with E-state index in [9.17, 15) is 18.5 Å². The van der Waals surface area contributed by atoms with E-state index in [4.69, 9.17) is 4.74 Å². The quantitative estimate of drug-likeness (QED) is 0.578. The zero-order valence-electron chi connectivity index (χ0n) is 13.2. The summed E-state index contributed by atoms with van der Waals surface area (Å²) in [5.74, 6) is -0.0284. The predicted molar refractivity (Wildman–Crippen MR) is 89.1 cm³/mol. The molecule has 0 unspecified atom stereocenters. The fraction of sp³-hybridized carbons (Fsp3) is 0.500. The van der Waals surface area contributed by atoms with Gasteiger partial charge in [-0.1, -0.05) is 0 Å². The molecule has 0 aliphatic carbocycles. The first-order chi connectivity index (χ1) is 11.3. The summed E-state index contributed by atoms with van der Waals surface area (Å²) < 4.78 is 29.4. The van der Waals surface area contributed by atoms with Crippen molar-refractivity contribution in [3.8, 4) is 0 Å². The van der Waals surface area contributed by atoms with Crippen molar-refractivity contribution in [3.63, 3.8) is 0 Å². The maximum absolute atomic E-state index is 11.4. The zero-order valence-corrected chi connectivity index (χ0v) is 14.0. The molecule has 130 valence electrons. The molecule has 1 fully saturated rings. The van der Waals surface area contributed by atoms with Gasteiger partial charge in [0.2, 0.25) is 0 Å². The van der Waals surface area contributed by atoms with E-state index in [-0.39, 0.29) is 18.0 Å². The van der Waals surface area contributed by atoms with Gasteiger partial charge in [-0.2, -0.15) is 5.10 Å². The second kappa shape index (κ2) is 6.36.